The van der Waals surface area contributed by atoms with E-state index in [9.17, 15) is 0 Å². The fourth-order valence-corrected chi connectivity index (χ4v) is 2.08. The van der Waals surface area contributed by atoms with Crippen molar-refractivity contribution in [1.29, 1.82) is 0 Å². The third-order valence-corrected chi connectivity index (χ3v) is 3.07. The molecule has 6 heteroatoms. The Morgan fingerprint density at radius 2 is 2.17 bits per heavy atom. The van der Waals surface area contributed by atoms with Gasteiger partial charge in [0, 0.05) is 32.2 Å². The maximum absolute atomic E-state index is 4.25. The van der Waals surface area contributed by atoms with E-state index in [1.54, 1.807) is 0 Å². The molecule has 104 valence electrons. The van der Waals surface area contributed by atoms with Crippen LogP contribution < -0.4 is 5.32 Å². The lowest BCUT2D eigenvalue weighted by Gasteiger charge is -2.31. The highest BCUT2D eigenvalue weighted by atomic mass is 35.5. The molecule has 0 bridgehead atoms. The third kappa shape index (κ3) is 3.93. The molecule has 1 fully saturated rings. The number of hydrogen-bond acceptors (Lipinski definition) is 4. The lowest BCUT2D eigenvalue weighted by atomic mass is 10.1. The molecular weight excluding hydrogens is 250 g/mol. The average Bonchev–Trinajstić information content (AvgIpc) is 2.65. The van der Waals surface area contributed by atoms with Crippen LogP contribution in [0, 0.1) is 0 Å². The lowest BCUT2D eigenvalue weighted by molar-refractivity contribution is 0.197. The second-order valence-electron chi connectivity index (χ2n) is 5.92. The number of aromatic nitrogens is 3. The zero-order valence-electron chi connectivity index (χ0n) is 11.7. The van der Waals surface area contributed by atoms with Crippen molar-refractivity contribution in [3.63, 3.8) is 0 Å². The molecule has 0 aromatic carbocycles. The van der Waals surface area contributed by atoms with Gasteiger partial charge in [-0.25, -0.2) is 4.68 Å². The number of halogens is 1. The second-order valence-corrected chi connectivity index (χ2v) is 5.92. The summed E-state index contributed by atoms with van der Waals surface area (Å²) in [4.78, 5) is 2.43. The van der Waals surface area contributed by atoms with Crippen LogP contribution in [0.2, 0.25) is 0 Å². The van der Waals surface area contributed by atoms with Crippen molar-refractivity contribution >= 4 is 12.4 Å². The summed E-state index contributed by atoms with van der Waals surface area (Å²) < 4.78 is 1.94. The van der Waals surface area contributed by atoms with Crippen molar-refractivity contribution in [1.82, 2.24) is 25.2 Å². The van der Waals surface area contributed by atoms with Crippen molar-refractivity contribution in [2.24, 2.45) is 0 Å². The predicted octanol–water partition coefficient (Wildman–Crippen LogP) is 1.25. The molecule has 1 saturated heterocycles. The molecule has 2 rings (SSSR count). The van der Waals surface area contributed by atoms with Gasteiger partial charge in [0.25, 0.3) is 0 Å². The minimum absolute atomic E-state index is 0. The first kappa shape index (κ1) is 15.4. The number of hydrogen-bond donors (Lipinski definition) is 1. The topological polar surface area (TPSA) is 46.0 Å². The first-order valence-electron chi connectivity index (χ1n) is 6.32. The van der Waals surface area contributed by atoms with E-state index in [0.717, 1.165) is 31.9 Å². The summed E-state index contributed by atoms with van der Waals surface area (Å²) in [6.45, 7) is 12.8. The Labute approximate surface area is 115 Å². The van der Waals surface area contributed by atoms with E-state index in [0.29, 0.717) is 6.04 Å². The molecule has 0 aliphatic carbocycles. The molecule has 18 heavy (non-hydrogen) atoms. The molecule has 0 amide bonds. The highest BCUT2D eigenvalue weighted by molar-refractivity contribution is 5.85. The van der Waals surface area contributed by atoms with Crippen LogP contribution >= 0.6 is 12.4 Å². The molecule has 1 atom stereocenters. The van der Waals surface area contributed by atoms with Crippen LogP contribution in [0.5, 0.6) is 0 Å². The van der Waals surface area contributed by atoms with Crippen LogP contribution in [0.4, 0.5) is 0 Å². The smallest absolute Gasteiger partial charge is 0.0967 e. The van der Waals surface area contributed by atoms with Crippen molar-refractivity contribution in [3.05, 3.63) is 11.9 Å². The minimum atomic E-state index is 0. The first-order valence-corrected chi connectivity index (χ1v) is 6.32. The molecule has 0 saturated carbocycles. The van der Waals surface area contributed by atoms with Crippen LogP contribution in [-0.4, -0.2) is 45.6 Å². The van der Waals surface area contributed by atoms with Gasteiger partial charge in [-0.1, -0.05) is 5.21 Å². The van der Waals surface area contributed by atoms with Crippen molar-refractivity contribution in [2.75, 3.05) is 19.6 Å². The maximum atomic E-state index is 4.25. The molecular formula is C12H24ClN5. The van der Waals surface area contributed by atoms with E-state index in [4.69, 9.17) is 0 Å². The average molecular weight is 274 g/mol. The Bertz CT molecular complexity index is 371. The normalized spacial score (nSPS) is 21.7. The van der Waals surface area contributed by atoms with Crippen molar-refractivity contribution < 1.29 is 0 Å². The molecule has 1 aliphatic heterocycles. The minimum Gasteiger partial charge on any atom is -0.312 e. The zero-order valence-corrected chi connectivity index (χ0v) is 12.5. The summed E-state index contributed by atoms with van der Waals surface area (Å²) in [7, 11) is 0. The number of rotatable bonds is 2. The van der Waals surface area contributed by atoms with E-state index in [1.807, 2.05) is 4.68 Å². The Morgan fingerprint density at radius 1 is 1.44 bits per heavy atom. The molecule has 1 N–H and O–H groups in total. The summed E-state index contributed by atoms with van der Waals surface area (Å²) >= 11 is 0. The van der Waals surface area contributed by atoms with Gasteiger partial charge in [-0.15, -0.1) is 17.5 Å². The van der Waals surface area contributed by atoms with E-state index in [1.165, 1.54) is 0 Å². The highest BCUT2D eigenvalue weighted by Crippen LogP contribution is 2.13. The quantitative estimate of drug-likeness (QED) is 0.881. The Kier molecular flexibility index (Phi) is 5.13. The van der Waals surface area contributed by atoms with E-state index >= 15 is 0 Å². The van der Waals surface area contributed by atoms with E-state index in [-0.39, 0.29) is 17.9 Å². The molecule has 5 nitrogen and oxygen atoms in total. The van der Waals surface area contributed by atoms with E-state index < -0.39 is 0 Å². The third-order valence-electron chi connectivity index (χ3n) is 3.07. The number of nitrogens with zero attached hydrogens (tertiary/aromatic N) is 4. The molecule has 1 aliphatic rings. The van der Waals surface area contributed by atoms with Gasteiger partial charge < -0.3 is 5.32 Å². The lowest BCUT2D eigenvalue weighted by Crippen LogP contribution is -2.48. The van der Waals surface area contributed by atoms with Gasteiger partial charge in [0.05, 0.1) is 17.4 Å². The summed E-state index contributed by atoms with van der Waals surface area (Å²) in [6.07, 6.45) is 2.06. The Hall–Kier alpha value is -0.650. The summed E-state index contributed by atoms with van der Waals surface area (Å²) in [6, 6.07) is 0.571. The molecule has 0 radical (unpaired) electrons. The number of piperazine rings is 1. The van der Waals surface area contributed by atoms with Gasteiger partial charge in [-0.05, 0) is 27.7 Å². The fraction of sp³-hybridized carbons (Fsp3) is 0.833. The van der Waals surface area contributed by atoms with Crippen molar-refractivity contribution in [2.45, 2.75) is 45.8 Å². The Morgan fingerprint density at radius 3 is 2.72 bits per heavy atom. The molecule has 1 aromatic heterocycles. The summed E-state index contributed by atoms with van der Waals surface area (Å²) in [5, 5.41) is 11.9. The van der Waals surface area contributed by atoms with Gasteiger partial charge in [0.1, 0.15) is 0 Å². The van der Waals surface area contributed by atoms with Crippen LogP contribution in [0.15, 0.2) is 6.20 Å². The largest absolute Gasteiger partial charge is 0.312 e. The zero-order chi connectivity index (χ0) is 12.5. The van der Waals surface area contributed by atoms with Gasteiger partial charge in [0.2, 0.25) is 0 Å². The van der Waals surface area contributed by atoms with Crippen LogP contribution in [0.3, 0.4) is 0 Å². The monoisotopic (exact) mass is 273 g/mol. The summed E-state index contributed by atoms with van der Waals surface area (Å²) in [5.74, 6) is 0. The van der Waals surface area contributed by atoms with Gasteiger partial charge in [-0.2, -0.15) is 0 Å². The molecule has 1 aromatic rings. The Balaban J connectivity index is 0.00000162. The molecule has 0 unspecified atom stereocenters. The SMILES string of the molecule is C[C@H]1CN(Cc2cn(C(C)(C)C)nn2)CCN1.Cl. The van der Waals surface area contributed by atoms with Gasteiger partial charge >= 0.3 is 0 Å². The molecule has 0 spiro atoms. The molecule has 2 heterocycles. The van der Waals surface area contributed by atoms with Crippen LogP contribution in [0.25, 0.3) is 0 Å². The first-order chi connectivity index (χ1) is 7.95. The number of nitrogens with one attached hydrogen (secondary N) is 1. The van der Waals surface area contributed by atoms with Crippen LogP contribution in [0.1, 0.15) is 33.4 Å². The van der Waals surface area contributed by atoms with E-state index in [2.05, 4.69) is 54.4 Å². The second kappa shape index (κ2) is 5.99. The fourth-order valence-electron chi connectivity index (χ4n) is 2.08. The van der Waals surface area contributed by atoms with Gasteiger partial charge in [-0.3, -0.25) is 4.90 Å². The van der Waals surface area contributed by atoms with Crippen LogP contribution in [-0.2, 0) is 12.1 Å². The van der Waals surface area contributed by atoms with Crippen molar-refractivity contribution in [3.8, 4) is 0 Å². The highest BCUT2D eigenvalue weighted by Gasteiger charge is 2.19. The standard InChI is InChI=1S/C12H23N5.ClH/c1-10-7-16(6-5-13-10)8-11-9-17(15-14-11)12(2,3)4;/h9-10,13H,5-8H2,1-4H3;1H/t10-;/m0./s1. The van der Waals surface area contributed by atoms with Gasteiger partial charge in [0.15, 0.2) is 0 Å². The summed E-state index contributed by atoms with van der Waals surface area (Å²) in [5.41, 5.74) is 1.08. The predicted molar refractivity (Wildman–Crippen MR) is 75.0 cm³/mol. The maximum Gasteiger partial charge on any atom is 0.0967 e.